The van der Waals surface area contributed by atoms with E-state index >= 15 is 0 Å². The van der Waals surface area contributed by atoms with Crippen LogP contribution in [0, 0.1) is 0 Å². The number of benzene rings is 2. The molecule has 0 bridgehead atoms. The Kier molecular flexibility index (Phi) is 6.12. The number of hydrogen-bond donors (Lipinski definition) is 1. The summed E-state index contributed by atoms with van der Waals surface area (Å²) < 4.78 is 46.0. The Morgan fingerprint density at radius 1 is 1.07 bits per heavy atom. The molecule has 6 nitrogen and oxygen atoms in total. The van der Waals surface area contributed by atoms with Crippen molar-refractivity contribution in [1.29, 1.82) is 0 Å². The fourth-order valence-corrected chi connectivity index (χ4v) is 3.42. The number of thioether (sulfide) groups is 1. The standard InChI is InChI=1S/C19H14F3NO5S/c20-19(21,22)28-14-3-1-2-12(9-14)15(24)10-27-13-6-4-11(5-7-13)8-16-17(25)23-18(26)29-16/h1-7,9,16H,8,10H2,(H,23,25,26). The maximum absolute atomic E-state index is 12.3. The molecule has 3 rings (SSSR count). The van der Waals surface area contributed by atoms with Crippen LogP contribution in [0.25, 0.3) is 0 Å². The summed E-state index contributed by atoms with van der Waals surface area (Å²) in [5.41, 5.74) is 0.834. The molecule has 1 fully saturated rings. The highest BCUT2D eigenvalue weighted by Gasteiger charge is 2.32. The largest absolute Gasteiger partial charge is 0.573 e. The molecule has 1 aliphatic rings. The maximum Gasteiger partial charge on any atom is 0.573 e. The molecule has 0 aliphatic carbocycles. The van der Waals surface area contributed by atoms with Crippen molar-refractivity contribution in [3.8, 4) is 11.5 Å². The number of imide groups is 1. The topological polar surface area (TPSA) is 81.7 Å². The minimum atomic E-state index is -4.84. The second kappa shape index (κ2) is 8.56. The van der Waals surface area contributed by atoms with Gasteiger partial charge < -0.3 is 9.47 Å². The van der Waals surface area contributed by atoms with E-state index < -0.39 is 23.1 Å². The molecule has 152 valence electrons. The van der Waals surface area contributed by atoms with Crippen LogP contribution in [0.2, 0.25) is 0 Å². The van der Waals surface area contributed by atoms with Gasteiger partial charge in [-0.05, 0) is 36.2 Å². The van der Waals surface area contributed by atoms with Crippen LogP contribution >= 0.6 is 11.8 Å². The molecule has 29 heavy (non-hydrogen) atoms. The summed E-state index contributed by atoms with van der Waals surface area (Å²) in [5, 5.41) is 1.36. The lowest BCUT2D eigenvalue weighted by Gasteiger charge is -2.10. The van der Waals surface area contributed by atoms with Crippen molar-refractivity contribution in [2.45, 2.75) is 18.0 Å². The van der Waals surface area contributed by atoms with Gasteiger partial charge in [-0.3, -0.25) is 19.7 Å². The van der Waals surface area contributed by atoms with E-state index in [2.05, 4.69) is 10.1 Å². The summed E-state index contributed by atoms with van der Waals surface area (Å²) in [6, 6.07) is 11.3. The molecule has 1 aliphatic heterocycles. The lowest BCUT2D eigenvalue weighted by Crippen LogP contribution is -2.25. The Bertz CT molecular complexity index is 930. The number of ketones is 1. The van der Waals surface area contributed by atoms with Gasteiger partial charge in [0.05, 0.1) is 5.25 Å². The third kappa shape index (κ3) is 5.98. The fraction of sp³-hybridized carbons (Fsp3) is 0.211. The average molecular weight is 425 g/mol. The molecule has 2 aromatic rings. The number of rotatable bonds is 7. The summed E-state index contributed by atoms with van der Waals surface area (Å²) in [4.78, 5) is 34.9. The first-order valence-electron chi connectivity index (χ1n) is 8.32. The Hall–Kier alpha value is -3.01. The van der Waals surface area contributed by atoms with Gasteiger partial charge in [-0.25, -0.2) is 0 Å². The second-order valence-corrected chi connectivity index (χ2v) is 7.19. The van der Waals surface area contributed by atoms with Crippen LogP contribution in [0.3, 0.4) is 0 Å². The highest BCUT2D eigenvalue weighted by Crippen LogP contribution is 2.25. The van der Waals surface area contributed by atoms with E-state index in [1.165, 1.54) is 12.1 Å². The van der Waals surface area contributed by atoms with E-state index in [0.29, 0.717) is 12.2 Å². The zero-order chi connectivity index (χ0) is 21.0. The molecular formula is C19H14F3NO5S. The first-order valence-corrected chi connectivity index (χ1v) is 9.20. The number of carbonyl (C=O) groups excluding carboxylic acids is 3. The monoisotopic (exact) mass is 425 g/mol. The zero-order valence-electron chi connectivity index (χ0n) is 14.7. The minimum Gasteiger partial charge on any atom is -0.485 e. The van der Waals surface area contributed by atoms with Crippen LogP contribution in [0.15, 0.2) is 48.5 Å². The highest BCUT2D eigenvalue weighted by atomic mass is 32.2. The van der Waals surface area contributed by atoms with E-state index in [0.717, 1.165) is 29.5 Å². The molecular weight excluding hydrogens is 411 g/mol. The minimum absolute atomic E-state index is 0.0253. The Morgan fingerprint density at radius 3 is 2.41 bits per heavy atom. The van der Waals surface area contributed by atoms with E-state index in [1.54, 1.807) is 24.3 Å². The predicted molar refractivity (Wildman–Crippen MR) is 98.0 cm³/mol. The fourth-order valence-electron chi connectivity index (χ4n) is 2.56. The van der Waals surface area contributed by atoms with Crippen LogP contribution < -0.4 is 14.8 Å². The normalized spacial score (nSPS) is 16.4. The third-order valence-electron chi connectivity index (χ3n) is 3.87. The quantitative estimate of drug-likeness (QED) is 0.681. The van der Waals surface area contributed by atoms with Crippen LogP contribution in [0.1, 0.15) is 15.9 Å². The maximum atomic E-state index is 12.3. The van der Waals surface area contributed by atoms with Gasteiger partial charge in [0.1, 0.15) is 11.5 Å². The second-order valence-electron chi connectivity index (χ2n) is 6.02. The van der Waals surface area contributed by atoms with Crippen LogP contribution in [-0.4, -0.2) is 35.1 Å². The first kappa shape index (κ1) is 20.7. The van der Waals surface area contributed by atoms with Gasteiger partial charge >= 0.3 is 6.36 Å². The third-order valence-corrected chi connectivity index (χ3v) is 4.85. The van der Waals surface area contributed by atoms with E-state index in [4.69, 9.17) is 4.74 Å². The lowest BCUT2D eigenvalue weighted by molar-refractivity contribution is -0.274. The summed E-state index contributed by atoms with van der Waals surface area (Å²) in [6.45, 7) is -0.371. The molecule has 1 unspecified atom stereocenters. The molecule has 2 amide bonds. The number of alkyl halides is 3. The number of halogens is 3. The SMILES string of the molecule is O=C1NC(=O)C(Cc2ccc(OCC(=O)c3cccc(OC(F)(F)F)c3)cc2)S1. The Morgan fingerprint density at radius 2 is 1.79 bits per heavy atom. The highest BCUT2D eigenvalue weighted by molar-refractivity contribution is 8.15. The molecule has 0 saturated carbocycles. The van der Waals surface area contributed by atoms with Crippen LogP contribution in [0.5, 0.6) is 11.5 Å². The Labute approximate surface area is 167 Å². The van der Waals surface area contributed by atoms with Crippen LogP contribution in [0.4, 0.5) is 18.0 Å². The summed E-state index contributed by atoms with van der Waals surface area (Å²) in [7, 11) is 0. The van der Waals surface area contributed by atoms with E-state index in [-0.39, 0.29) is 23.3 Å². The lowest BCUT2D eigenvalue weighted by atomic mass is 10.1. The first-order chi connectivity index (χ1) is 13.7. The smallest absolute Gasteiger partial charge is 0.485 e. The average Bonchev–Trinajstić information content (AvgIpc) is 2.96. The van der Waals surface area contributed by atoms with Gasteiger partial charge in [-0.2, -0.15) is 0 Å². The molecule has 1 heterocycles. The number of carbonyl (C=O) groups is 3. The predicted octanol–water partition coefficient (Wildman–Crippen LogP) is 3.74. The summed E-state index contributed by atoms with van der Waals surface area (Å²) in [6.07, 6.45) is -4.47. The molecule has 0 radical (unpaired) electrons. The molecule has 1 atom stereocenters. The summed E-state index contributed by atoms with van der Waals surface area (Å²) >= 11 is 0.933. The van der Waals surface area contributed by atoms with Crippen molar-refractivity contribution in [1.82, 2.24) is 5.32 Å². The van der Waals surface area contributed by atoms with Crippen LogP contribution in [-0.2, 0) is 11.2 Å². The molecule has 2 aromatic carbocycles. The van der Waals surface area contributed by atoms with Crippen molar-refractivity contribution >= 4 is 28.7 Å². The molecule has 1 N–H and O–H groups in total. The molecule has 10 heteroatoms. The number of hydrogen-bond acceptors (Lipinski definition) is 6. The van der Waals surface area contributed by atoms with Gasteiger partial charge in [0.15, 0.2) is 12.4 Å². The van der Waals surface area contributed by atoms with Crippen molar-refractivity contribution in [3.63, 3.8) is 0 Å². The summed E-state index contributed by atoms with van der Waals surface area (Å²) in [5.74, 6) is -0.953. The van der Waals surface area contributed by atoms with Gasteiger partial charge in [0.2, 0.25) is 5.91 Å². The molecule has 0 spiro atoms. The van der Waals surface area contributed by atoms with Gasteiger partial charge in [0, 0.05) is 5.56 Å². The number of Topliss-reactive ketones (excluding diaryl/α,β-unsaturated/α-hetero) is 1. The van der Waals surface area contributed by atoms with E-state index in [1.807, 2.05) is 0 Å². The molecule has 0 aromatic heterocycles. The Balaban J connectivity index is 1.55. The van der Waals surface area contributed by atoms with Gasteiger partial charge in [0.25, 0.3) is 5.24 Å². The number of amides is 2. The van der Waals surface area contributed by atoms with Crippen molar-refractivity contribution in [3.05, 3.63) is 59.7 Å². The van der Waals surface area contributed by atoms with Crippen molar-refractivity contribution in [2.75, 3.05) is 6.61 Å². The van der Waals surface area contributed by atoms with Gasteiger partial charge in [-0.15, -0.1) is 13.2 Å². The van der Waals surface area contributed by atoms with Crippen molar-refractivity contribution in [2.24, 2.45) is 0 Å². The zero-order valence-corrected chi connectivity index (χ0v) is 15.5. The van der Waals surface area contributed by atoms with Gasteiger partial charge in [-0.1, -0.05) is 36.0 Å². The number of ether oxygens (including phenoxy) is 2. The number of nitrogens with one attached hydrogen (secondary N) is 1. The van der Waals surface area contributed by atoms with Crippen molar-refractivity contribution < 1.29 is 37.0 Å². The molecule has 1 saturated heterocycles. The van der Waals surface area contributed by atoms with E-state index in [9.17, 15) is 27.6 Å².